The lowest BCUT2D eigenvalue weighted by Gasteiger charge is -2.21. The van der Waals surface area contributed by atoms with E-state index in [1.54, 1.807) is 39.0 Å². The van der Waals surface area contributed by atoms with Gasteiger partial charge in [-0.15, -0.1) is 0 Å². The summed E-state index contributed by atoms with van der Waals surface area (Å²) in [7, 11) is -3.74. The summed E-state index contributed by atoms with van der Waals surface area (Å²) >= 11 is 3.37. The molecule has 154 valence electrons. The van der Waals surface area contributed by atoms with Gasteiger partial charge in [-0.1, -0.05) is 13.8 Å². The normalized spacial score (nSPS) is 11.6. The second-order valence-electron chi connectivity index (χ2n) is 5.97. The minimum Gasteiger partial charge on any atom is -0.492 e. The summed E-state index contributed by atoms with van der Waals surface area (Å²) in [6.45, 7) is 8.96. The van der Waals surface area contributed by atoms with Crippen LogP contribution < -0.4 is 10.1 Å². The second-order valence-corrected chi connectivity index (χ2v) is 8.79. The monoisotopic (exact) mass is 471 g/mol. The summed E-state index contributed by atoms with van der Waals surface area (Å²) < 4.78 is 35.5. The van der Waals surface area contributed by atoms with Crippen molar-refractivity contribution in [2.75, 3.05) is 25.0 Å². The van der Waals surface area contributed by atoms with E-state index < -0.39 is 10.0 Å². The molecule has 1 N–H and O–H groups in total. The van der Waals surface area contributed by atoms with Crippen LogP contribution in [0.15, 0.2) is 39.8 Å². The summed E-state index contributed by atoms with van der Waals surface area (Å²) in [5.74, 6) is -0.0463. The zero-order valence-corrected chi connectivity index (χ0v) is 18.9. The SMILES string of the molecule is CCOc1ccc(NC(=O)c2cc(Br)cn2CC)cc1S(=O)(=O)N(CC)CC. The van der Waals surface area contributed by atoms with Gasteiger partial charge < -0.3 is 14.6 Å². The maximum absolute atomic E-state index is 13.0. The molecule has 0 unspecified atom stereocenters. The number of amides is 1. The third-order valence-corrected chi connectivity index (χ3v) is 6.77. The quantitative estimate of drug-likeness (QED) is 0.600. The lowest BCUT2D eigenvalue weighted by atomic mass is 10.3. The molecule has 7 nitrogen and oxygen atoms in total. The summed E-state index contributed by atoms with van der Waals surface area (Å²) in [5, 5.41) is 2.78. The highest BCUT2D eigenvalue weighted by atomic mass is 79.9. The number of nitrogens with one attached hydrogen (secondary N) is 1. The number of sulfonamides is 1. The molecule has 1 aromatic carbocycles. The van der Waals surface area contributed by atoms with E-state index in [9.17, 15) is 13.2 Å². The van der Waals surface area contributed by atoms with Crippen molar-refractivity contribution in [2.24, 2.45) is 0 Å². The molecule has 0 aliphatic carbocycles. The van der Waals surface area contributed by atoms with E-state index in [0.29, 0.717) is 37.6 Å². The van der Waals surface area contributed by atoms with Crippen molar-refractivity contribution in [3.8, 4) is 5.75 Å². The summed E-state index contributed by atoms with van der Waals surface area (Å²) in [4.78, 5) is 12.7. The number of carbonyl (C=O) groups is 1. The smallest absolute Gasteiger partial charge is 0.272 e. The molecule has 0 fully saturated rings. The number of hydrogen-bond donors (Lipinski definition) is 1. The van der Waals surface area contributed by atoms with Gasteiger partial charge >= 0.3 is 0 Å². The number of aryl methyl sites for hydroxylation is 1. The number of carbonyl (C=O) groups excluding carboxylic acids is 1. The number of aromatic nitrogens is 1. The first-order chi connectivity index (χ1) is 13.3. The number of anilines is 1. The van der Waals surface area contributed by atoms with Crippen molar-refractivity contribution >= 4 is 37.5 Å². The summed E-state index contributed by atoms with van der Waals surface area (Å²) in [5.41, 5.74) is 0.871. The minimum atomic E-state index is -3.74. The lowest BCUT2D eigenvalue weighted by Crippen LogP contribution is -2.31. The maximum Gasteiger partial charge on any atom is 0.272 e. The molecule has 1 amide bonds. The highest BCUT2D eigenvalue weighted by molar-refractivity contribution is 9.10. The molecule has 0 saturated carbocycles. The molecule has 0 atom stereocenters. The summed E-state index contributed by atoms with van der Waals surface area (Å²) in [6.07, 6.45) is 1.82. The van der Waals surface area contributed by atoms with Gasteiger partial charge in [-0.3, -0.25) is 4.79 Å². The third-order valence-electron chi connectivity index (χ3n) is 4.26. The van der Waals surface area contributed by atoms with Crippen LogP contribution in [-0.4, -0.2) is 42.9 Å². The molecule has 0 spiro atoms. The van der Waals surface area contributed by atoms with Gasteiger partial charge in [-0.05, 0) is 54.0 Å². The first kappa shape index (κ1) is 22.4. The number of nitrogens with zero attached hydrogens (tertiary/aromatic N) is 2. The Hall–Kier alpha value is -1.84. The molecule has 0 aliphatic heterocycles. The van der Waals surface area contributed by atoms with Crippen LogP contribution in [0.4, 0.5) is 5.69 Å². The first-order valence-corrected chi connectivity index (χ1v) is 11.5. The molecule has 9 heteroatoms. The average molecular weight is 472 g/mol. The molecule has 0 bridgehead atoms. The number of rotatable bonds is 9. The minimum absolute atomic E-state index is 0.0444. The van der Waals surface area contributed by atoms with Crippen LogP contribution in [0.2, 0.25) is 0 Å². The predicted octanol–water partition coefficient (Wildman–Crippen LogP) is 3.95. The van der Waals surface area contributed by atoms with E-state index in [1.807, 2.05) is 17.7 Å². The lowest BCUT2D eigenvalue weighted by molar-refractivity contribution is 0.101. The van der Waals surface area contributed by atoms with Gasteiger partial charge in [0.1, 0.15) is 16.3 Å². The zero-order chi connectivity index (χ0) is 20.9. The average Bonchev–Trinajstić information content (AvgIpc) is 3.05. The molecule has 28 heavy (non-hydrogen) atoms. The maximum atomic E-state index is 13.0. The fourth-order valence-electron chi connectivity index (χ4n) is 2.89. The Kier molecular flexibility index (Phi) is 7.68. The number of ether oxygens (including phenoxy) is 1. The van der Waals surface area contributed by atoms with Crippen molar-refractivity contribution in [2.45, 2.75) is 39.1 Å². The number of benzene rings is 1. The predicted molar refractivity (Wildman–Crippen MR) is 113 cm³/mol. The third kappa shape index (κ3) is 4.76. The number of halogens is 1. The first-order valence-electron chi connectivity index (χ1n) is 9.22. The van der Waals surface area contributed by atoms with Crippen molar-refractivity contribution < 1.29 is 17.9 Å². The molecule has 1 aromatic heterocycles. The molecular formula is C19H26BrN3O4S. The Labute approximate surface area is 174 Å². The van der Waals surface area contributed by atoms with E-state index in [4.69, 9.17) is 4.74 Å². The Morgan fingerprint density at radius 2 is 1.86 bits per heavy atom. The summed E-state index contributed by atoms with van der Waals surface area (Å²) in [6, 6.07) is 6.38. The molecule has 0 radical (unpaired) electrons. The van der Waals surface area contributed by atoms with Gasteiger partial charge in [0.25, 0.3) is 5.91 Å². The van der Waals surface area contributed by atoms with Crippen LogP contribution in [0.3, 0.4) is 0 Å². The van der Waals surface area contributed by atoms with Crippen molar-refractivity contribution in [1.82, 2.24) is 8.87 Å². The Bertz CT molecular complexity index is 937. The molecule has 2 aromatic rings. The van der Waals surface area contributed by atoms with Crippen molar-refractivity contribution in [3.63, 3.8) is 0 Å². The van der Waals surface area contributed by atoms with Gasteiger partial charge in [-0.25, -0.2) is 8.42 Å². The van der Waals surface area contributed by atoms with Crippen LogP contribution in [0.1, 0.15) is 38.2 Å². The van der Waals surface area contributed by atoms with Crippen molar-refractivity contribution in [1.29, 1.82) is 0 Å². The molecule has 2 rings (SSSR count). The molecule has 0 saturated heterocycles. The molecule has 0 aliphatic rings. The fraction of sp³-hybridized carbons (Fsp3) is 0.421. The van der Waals surface area contributed by atoms with E-state index in [0.717, 1.165) is 4.47 Å². The van der Waals surface area contributed by atoms with Gasteiger partial charge in [0.15, 0.2) is 0 Å². The second kappa shape index (κ2) is 9.58. The Morgan fingerprint density at radius 1 is 1.18 bits per heavy atom. The number of hydrogen-bond acceptors (Lipinski definition) is 4. The van der Waals surface area contributed by atoms with Gasteiger partial charge in [0.05, 0.1) is 6.61 Å². The van der Waals surface area contributed by atoms with Gasteiger partial charge in [0.2, 0.25) is 10.0 Å². The van der Waals surface area contributed by atoms with Gasteiger partial charge in [0, 0.05) is 36.0 Å². The van der Waals surface area contributed by atoms with Crippen LogP contribution >= 0.6 is 15.9 Å². The van der Waals surface area contributed by atoms with Crippen LogP contribution in [0, 0.1) is 0 Å². The fourth-order valence-corrected chi connectivity index (χ4v) is 4.97. The topological polar surface area (TPSA) is 80.6 Å². The zero-order valence-electron chi connectivity index (χ0n) is 16.5. The molecule has 1 heterocycles. The highest BCUT2D eigenvalue weighted by Crippen LogP contribution is 2.30. The van der Waals surface area contributed by atoms with E-state index in [-0.39, 0.29) is 16.6 Å². The van der Waals surface area contributed by atoms with E-state index in [2.05, 4.69) is 21.2 Å². The Balaban J connectivity index is 2.43. The highest BCUT2D eigenvalue weighted by Gasteiger charge is 2.26. The van der Waals surface area contributed by atoms with Crippen LogP contribution in [0.5, 0.6) is 5.75 Å². The van der Waals surface area contributed by atoms with E-state index >= 15 is 0 Å². The van der Waals surface area contributed by atoms with Crippen molar-refractivity contribution in [3.05, 3.63) is 40.6 Å². The van der Waals surface area contributed by atoms with Crippen LogP contribution in [0.25, 0.3) is 0 Å². The standard InChI is InChI=1S/C19H26BrN3O4S/c1-5-22-13-14(20)11-16(22)19(24)21-15-9-10-17(27-8-4)18(12-15)28(25,26)23(6-2)7-3/h9-13H,5-8H2,1-4H3,(H,21,24). The van der Waals surface area contributed by atoms with E-state index in [1.165, 1.54) is 10.4 Å². The largest absolute Gasteiger partial charge is 0.492 e. The Morgan fingerprint density at radius 3 is 2.43 bits per heavy atom. The van der Waals surface area contributed by atoms with Gasteiger partial charge in [-0.2, -0.15) is 4.31 Å². The molecular weight excluding hydrogens is 446 g/mol. The van der Waals surface area contributed by atoms with Crippen LogP contribution in [-0.2, 0) is 16.6 Å².